The van der Waals surface area contributed by atoms with Crippen molar-refractivity contribution in [2.24, 2.45) is 0 Å². The first kappa shape index (κ1) is 12.0. The van der Waals surface area contributed by atoms with E-state index in [4.69, 9.17) is 9.84 Å². The number of ether oxygens (including phenoxy) is 1. The van der Waals surface area contributed by atoms with Crippen LogP contribution < -0.4 is 11.2 Å². The molecule has 0 spiro atoms. The van der Waals surface area contributed by atoms with Gasteiger partial charge in [0.2, 0.25) is 0 Å². The number of nitrogens with zero attached hydrogens (tertiary/aromatic N) is 1. The Bertz CT molecular complexity index is 522. The summed E-state index contributed by atoms with van der Waals surface area (Å²) < 4.78 is 6.66. The molecule has 0 bridgehead atoms. The fourth-order valence-electron chi connectivity index (χ4n) is 2.08. The first-order chi connectivity index (χ1) is 7.96. The van der Waals surface area contributed by atoms with E-state index in [0.29, 0.717) is 0 Å². The quantitative estimate of drug-likeness (QED) is 0.576. The van der Waals surface area contributed by atoms with Gasteiger partial charge < -0.3 is 14.9 Å². The van der Waals surface area contributed by atoms with Crippen LogP contribution in [0.2, 0.25) is 0 Å². The number of hydrogen-bond donors (Lipinski definition) is 3. The lowest BCUT2D eigenvalue weighted by molar-refractivity contribution is -0.107. The molecule has 1 aliphatic heterocycles. The third kappa shape index (κ3) is 2.04. The summed E-state index contributed by atoms with van der Waals surface area (Å²) in [6, 6.07) is 1.20. The molecule has 3 N–H and O–H groups in total. The number of rotatable bonds is 2. The van der Waals surface area contributed by atoms with Crippen LogP contribution in [0.5, 0.6) is 0 Å². The number of aromatic amines is 1. The summed E-state index contributed by atoms with van der Waals surface area (Å²) in [5.74, 6) is 0. The highest BCUT2D eigenvalue weighted by atomic mass is 16.6. The monoisotopic (exact) mass is 242 g/mol. The summed E-state index contributed by atoms with van der Waals surface area (Å²) >= 11 is 0. The summed E-state index contributed by atoms with van der Waals surface area (Å²) in [4.78, 5) is 24.7. The molecule has 1 aliphatic rings. The van der Waals surface area contributed by atoms with Crippen LogP contribution in [0.1, 0.15) is 13.3 Å². The summed E-state index contributed by atoms with van der Waals surface area (Å²) in [7, 11) is 0. The van der Waals surface area contributed by atoms with Gasteiger partial charge in [0.25, 0.3) is 5.56 Å². The third-order valence-electron chi connectivity index (χ3n) is 2.94. The average Bonchev–Trinajstić information content (AvgIpc) is 2.54. The maximum absolute atomic E-state index is 11.6. The van der Waals surface area contributed by atoms with Gasteiger partial charge in [0.05, 0.1) is 12.7 Å². The van der Waals surface area contributed by atoms with Crippen molar-refractivity contribution in [3.63, 3.8) is 0 Å². The van der Waals surface area contributed by atoms with E-state index < -0.39 is 29.2 Å². The Hall–Kier alpha value is -1.44. The van der Waals surface area contributed by atoms with Crippen molar-refractivity contribution in [1.29, 1.82) is 0 Å². The summed E-state index contributed by atoms with van der Waals surface area (Å²) in [6.45, 7) is 1.29. The van der Waals surface area contributed by atoms with Gasteiger partial charge in [0, 0.05) is 18.7 Å². The van der Waals surface area contributed by atoms with Crippen molar-refractivity contribution in [2.45, 2.75) is 31.3 Å². The molecule has 17 heavy (non-hydrogen) atoms. The van der Waals surface area contributed by atoms with Crippen LogP contribution in [0.25, 0.3) is 0 Å². The molecule has 0 amide bonds. The minimum Gasteiger partial charge on any atom is -0.394 e. The Balaban J connectivity index is 2.40. The van der Waals surface area contributed by atoms with Crippen LogP contribution in [0.15, 0.2) is 21.9 Å². The van der Waals surface area contributed by atoms with Crippen LogP contribution >= 0.6 is 0 Å². The lowest BCUT2D eigenvalue weighted by Gasteiger charge is -2.26. The van der Waals surface area contributed by atoms with Crippen LogP contribution in [-0.4, -0.2) is 38.6 Å². The maximum Gasteiger partial charge on any atom is 0.330 e. The first-order valence-electron chi connectivity index (χ1n) is 5.25. The number of aliphatic hydroxyl groups excluding tert-OH is 2. The fourth-order valence-corrected chi connectivity index (χ4v) is 2.08. The highest BCUT2D eigenvalue weighted by Gasteiger charge is 2.44. The lowest BCUT2D eigenvalue weighted by Crippen LogP contribution is -2.42. The molecule has 94 valence electrons. The predicted octanol–water partition coefficient (Wildman–Crippen LogP) is -1.65. The van der Waals surface area contributed by atoms with Gasteiger partial charge in [-0.15, -0.1) is 0 Å². The molecule has 7 nitrogen and oxygen atoms in total. The fraction of sp³-hybridized carbons (Fsp3) is 0.600. The molecule has 7 heteroatoms. The Morgan fingerprint density at radius 1 is 1.65 bits per heavy atom. The van der Waals surface area contributed by atoms with E-state index in [1.165, 1.54) is 16.8 Å². The van der Waals surface area contributed by atoms with Crippen molar-refractivity contribution in [3.05, 3.63) is 33.1 Å². The van der Waals surface area contributed by atoms with E-state index in [2.05, 4.69) is 4.98 Å². The molecule has 0 aromatic carbocycles. The molecule has 3 atom stereocenters. The van der Waals surface area contributed by atoms with Crippen molar-refractivity contribution in [2.75, 3.05) is 6.61 Å². The minimum absolute atomic E-state index is 0.171. The number of nitrogens with one attached hydrogen (secondary N) is 1. The predicted molar refractivity (Wildman–Crippen MR) is 57.6 cm³/mol. The van der Waals surface area contributed by atoms with Gasteiger partial charge >= 0.3 is 5.69 Å². The normalized spacial score (nSPS) is 32.9. The molecule has 1 aromatic rings. The number of H-pyrrole nitrogens is 1. The van der Waals surface area contributed by atoms with Gasteiger partial charge in [-0.25, -0.2) is 4.79 Å². The number of aromatic nitrogens is 2. The SMILES string of the molecule is C[C@]1(n2ccc(=O)[nH]c2=O)C[C@H](O)[C@@H](CO)O1. The van der Waals surface area contributed by atoms with Crippen LogP contribution in [0.3, 0.4) is 0 Å². The smallest absolute Gasteiger partial charge is 0.330 e. The van der Waals surface area contributed by atoms with Crippen LogP contribution in [-0.2, 0) is 10.5 Å². The Morgan fingerprint density at radius 2 is 2.35 bits per heavy atom. The molecule has 0 unspecified atom stereocenters. The zero-order chi connectivity index (χ0) is 12.6. The topological polar surface area (TPSA) is 105 Å². The van der Waals surface area contributed by atoms with E-state index in [9.17, 15) is 14.7 Å². The van der Waals surface area contributed by atoms with Gasteiger partial charge in [0.15, 0.2) is 0 Å². The molecule has 1 saturated heterocycles. The Morgan fingerprint density at radius 3 is 2.88 bits per heavy atom. The zero-order valence-electron chi connectivity index (χ0n) is 9.29. The minimum atomic E-state index is -1.06. The zero-order valence-corrected chi connectivity index (χ0v) is 9.29. The van der Waals surface area contributed by atoms with E-state index in [1.807, 2.05) is 0 Å². The largest absolute Gasteiger partial charge is 0.394 e. The highest BCUT2D eigenvalue weighted by molar-refractivity contribution is 4.93. The van der Waals surface area contributed by atoms with Crippen molar-refractivity contribution in [3.8, 4) is 0 Å². The molecular formula is C10H14N2O5. The molecule has 2 rings (SSSR count). The maximum atomic E-state index is 11.6. The third-order valence-corrected chi connectivity index (χ3v) is 2.94. The van der Waals surface area contributed by atoms with Crippen LogP contribution in [0, 0.1) is 0 Å². The van der Waals surface area contributed by atoms with Gasteiger partial charge in [-0.1, -0.05) is 0 Å². The number of aliphatic hydroxyl groups is 2. The van der Waals surface area contributed by atoms with Gasteiger partial charge in [-0.05, 0) is 6.92 Å². The second-order valence-electron chi connectivity index (χ2n) is 4.27. The Kier molecular flexibility index (Phi) is 2.90. The van der Waals surface area contributed by atoms with Gasteiger partial charge in [-0.3, -0.25) is 14.3 Å². The molecule has 1 fully saturated rings. The summed E-state index contributed by atoms with van der Waals surface area (Å²) in [5.41, 5.74) is -2.16. The van der Waals surface area contributed by atoms with Crippen LogP contribution in [0.4, 0.5) is 0 Å². The molecular weight excluding hydrogens is 228 g/mol. The van der Waals surface area contributed by atoms with Crippen molar-refractivity contribution in [1.82, 2.24) is 9.55 Å². The Labute approximate surface area is 96.3 Å². The second-order valence-corrected chi connectivity index (χ2v) is 4.27. The average molecular weight is 242 g/mol. The lowest BCUT2D eigenvalue weighted by atomic mass is 10.1. The molecule has 0 radical (unpaired) electrons. The molecule has 0 saturated carbocycles. The van der Waals surface area contributed by atoms with E-state index >= 15 is 0 Å². The summed E-state index contributed by atoms with van der Waals surface area (Å²) in [6.07, 6.45) is -0.0830. The highest BCUT2D eigenvalue weighted by Crippen LogP contribution is 2.33. The van der Waals surface area contributed by atoms with E-state index in [1.54, 1.807) is 6.92 Å². The van der Waals surface area contributed by atoms with Crippen molar-refractivity contribution >= 4 is 0 Å². The standard InChI is InChI=1S/C10H14N2O5/c1-10(4-6(14)7(5-13)17-10)12-3-2-8(15)11-9(12)16/h2-3,6-7,13-14H,4-5H2,1H3,(H,11,15,16)/t6-,7+,10+/m0/s1. The summed E-state index contributed by atoms with van der Waals surface area (Å²) in [5, 5.41) is 18.7. The molecule has 2 heterocycles. The number of hydrogen-bond acceptors (Lipinski definition) is 5. The molecule has 0 aliphatic carbocycles. The second kappa shape index (κ2) is 4.10. The first-order valence-corrected chi connectivity index (χ1v) is 5.25. The van der Waals surface area contributed by atoms with E-state index in [0.717, 1.165) is 0 Å². The van der Waals surface area contributed by atoms with Gasteiger partial charge in [0.1, 0.15) is 11.8 Å². The molecule has 1 aromatic heterocycles. The van der Waals surface area contributed by atoms with Crippen molar-refractivity contribution < 1.29 is 14.9 Å². The van der Waals surface area contributed by atoms with E-state index in [-0.39, 0.29) is 13.0 Å². The van der Waals surface area contributed by atoms with Gasteiger partial charge in [-0.2, -0.15) is 0 Å².